The quantitative estimate of drug-likeness (QED) is 0.406. The van der Waals surface area contributed by atoms with Crippen LogP contribution in [0.2, 0.25) is 0 Å². The van der Waals surface area contributed by atoms with Crippen molar-refractivity contribution in [1.29, 1.82) is 0 Å². The zero-order chi connectivity index (χ0) is 2.83. The molecule has 1 heterocycles. The number of hydrogen-bond donors (Lipinski definition) is 0. The van der Waals surface area contributed by atoms with Crippen molar-refractivity contribution in [3.05, 3.63) is 12.3 Å². The standard InChI is InChI=1S/C3H3N.Ni/c1-2-4-3-1;/h1-3H;. The second-order valence-electron chi connectivity index (χ2n) is 0.640. The smallest absolute Gasteiger partial charge is 0.0283 e. The van der Waals surface area contributed by atoms with Gasteiger partial charge in [-0.25, -0.2) is 0 Å². The number of aliphatic imine (C=N–C) groups is 1. The third-order valence-electron chi connectivity index (χ3n) is 0.344. The van der Waals surface area contributed by atoms with Gasteiger partial charge in [-0.2, -0.15) is 0 Å². The van der Waals surface area contributed by atoms with E-state index >= 15 is 0 Å². The molecular weight excluding hydrogens is 109 g/mol. The van der Waals surface area contributed by atoms with E-state index in [1.807, 2.05) is 6.08 Å². The summed E-state index contributed by atoms with van der Waals surface area (Å²) in [5, 5.41) is 0. The molecule has 0 aromatic carbocycles. The first-order valence-corrected chi connectivity index (χ1v) is 1.18. The van der Waals surface area contributed by atoms with E-state index in [9.17, 15) is 0 Å². The molecule has 1 aliphatic rings. The maximum Gasteiger partial charge on any atom is 0.0283 e. The molecule has 0 bridgehead atoms. The molecule has 0 saturated carbocycles. The van der Waals surface area contributed by atoms with Crippen LogP contribution in [0.1, 0.15) is 0 Å². The van der Waals surface area contributed by atoms with E-state index < -0.39 is 0 Å². The van der Waals surface area contributed by atoms with Gasteiger partial charge in [-0.3, -0.25) is 4.99 Å². The van der Waals surface area contributed by atoms with E-state index in [0.29, 0.717) is 0 Å². The largest absolute Gasteiger partial charge is 0.265 e. The maximum absolute atomic E-state index is 3.61. The van der Waals surface area contributed by atoms with Gasteiger partial charge in [0.1, 0.15) is 0 Å². The fourth-order valence-electron chi connectivity index (χ4n) is 0.0861. The monoisotopic (exact) mass is 111 g/mol. The van der Waals surface area contributed by atoms with Crippen molar-refractivity contribution in [2.24, 2.45) is 4.99 Å². The van der Waals surface area contributed by atoms with Crippen LogP contribution < -0.4 is 0 Å². The van der Waals surface area contributed by atoms with Crippen molar-refractivity contribution >= 4 is 6.21 Å². The zero-order valence-electron chi connectivity index (χ0n) is 2.50. The van der Waals surface area contributed by atoms with E-state index in [4.69, 9.17) is 0 Å². The fourth-order valence-corrected chi connectivity index (χ4v) is 0.0861. The van der Waals surface area contributed by atoms with Crippen molar-refractivity contribution < 1.29 is 16.5 Å². The first kappa shape index (κ1) is 4.90. The van der Waals surface area contributed by atoms with Crippen LogP contribution in [0.4, 0.5) is 0 Å². The average Bonchev–Trinajstić information content (AvgIpc) is 0.722. The Hall–Kier alpha value is -0.0965. The van der Waals surface area contributed by atoms with Crippen LogP contribution in [0.5, 0.6) is 0 Å². The Labute approximate surface area is 40.7 Å². The third-order valence-corrected chi connectivity index (χ3v) is 0.344. The van der Waals surface area contributed by atoms with Crippen LogP contribution in [-0.2, 0) is 16.5 Å². The zero-order valence-corrected chi connectivity index (χ0v) is 3.48. The Morgan fingerprint density at radius 2 is 1.60 bits per heavy atom. The van der Waals surface area contributed by atoms with Gasteiger partial charge in [0, 0.05) is 28.9 Å². The molecule has 2 heteroatoms. The summed E-state index contributed by atoms with van der Waals surface area (Å²) in [5.41, 5.74) is 0. The van der Waals surface area contributed by atoms with Gasteiger partial charge in [0.2, 0.25) is 0 Å². The molecule has 0 unspecified atom stereocenters. The number of rotatable bonds is 0. The van der Waals surface area contributed by atoms with Gasteiger partial charge in [0.15, 0.2) is 0 Å². The minimum absolute atomic E-state index is 0. The van der Waals surface area contributed by atoms with Gasteiger partial charge in [0.25, 0.3) is 0 Å². The Morgan fingerprint density at radius 3 is 1.60 bits per heavy atom. The minimum atomic E-state index is 0. The van der Waals surface area contributed by atoms with Crippen molar-refractivity contribution in [2.75, 3.05) is 0 Å². The summed E-state index contributed by atoms with van der Waals surface area (Å²) in [6.45, 7) is 0. The molecule has 0 aliphatic carbocycles. The molecule has 30 valence electrons. The van der Waals surface area contributed by atoms with Crippen molar-refractivity contribution in [1.82, 2.24) is 0 Å². The van der Waals surface area contributed by atoms with Gasteiger partial charge in [-0.15, -0.1) is 0 Å². The summed E-state index contributed by atoms with van der Waals surface area (Å²) in [6, 6.07) is 0. The summed E-state index contributed by atoms with van der Waals surface area (Å²) >= 11 is 0. The van der Waals surface area contributed by atoms with E-state index in [1.54, 1.807) is 12.4 Å². The topological polar surface area (TPSA) is 12.4 Å². The second kappa shape index (κ2) is 2.16. The summed E-state index contributed by atoms with van der Waals surface area (Å²) < 4.78 is 0. The van der Waals surface area contributed by atoms with Crippen LogP contribution in [0, 0.1) is 0 Å². The van der Waals surface area contributed by atoms with E-state index in [0.717, 1.165) is 0 Å². The first-order chi connectivity index (χ1) is 2.00. The summed E-state index contributed by atoms with van der Waals surface area (Å²) in [5.74, 6) is 0. The number of allylic oxidation sites excluding steroid dienone is 1. The average molecular weight is 112 g/mol. The van der Waals surface area contributed by atoms with Gasteiger partial charge >= 0.3 is 0 Å². The Kier molecular flexibility index (Phi) is 2.12. The Morgan fingerprint density at radius 1 is 1.40 bits per heavy atom. The molecule has 0 radical (unpaired) electrons. The molecule has 0 saturated heterocycles. The van der Waals surface area contributed by atoms with Gasteiger partial charge in [-0.1, -0.05) is 0 Å². The van der Waals surface area contributed by atoms with Crippen molar-refractivity contribution in [3.63, 3.8) is 0 Å². The molecular formula is C3H3NNi. The minimum Gasteiger partial charge on any atom is -0.265 e. The fraction of sp³-hybridized carbons (Fsp3) is 0. The summed E-state index contributed by atoms with van der Waals surface area (Å²) in [6.07, 6.45) is 5.39. The van der Waals surface area contributed by atoms with Crippen LogP contribution in [0.25, 0.3) is 0 Å². The normalized spacial score (nSPS) is 12.8. The molecule has 0 aromatic heterocycles. The molecule has 0 aromatic rings. The van der Waals surface area contributed by atoms with Gasteiger partial charge < -0.3 is 0 Å². The predicted molar refractivity (Wildman–Crippen MR) is 17.6 cm³/mol. The Balaban J connectivity index is 0.000000160. The third kappa shape index (κ3) is 0.928. The predicted octanol–water partition coefficient (Wildman–Crippen LogP) is 0.582. The van der Waals surface area contributed by atoms with Crippen LogP contribution in [0.15, 0.2) is 17.3 Å². The molecule has 1 aliphatic heterocycles. The molecule has 1 nitrogen and oxygen atoms in total. The molecule has 5 heavy (non-hydrogen) atoms. The van der Waals surface area contributed by atoms with Crippen molar-refractivity contribution in [2.45, 2.75) is 0 Å². The first-order valence-electron chi connectivity index (χ1n) is 1.18. The van der Waals surface area contributed by atoms with Gasteiger partial charge in [0.05, 0.1) is 0 Å². The number of nitrogens with zero attached hydrogens (tertiary/aromatic N) is 1. The van der Waals surface area contributed by atoms with Crippen LogP contribution in [0.3, 0.4) is 0 Å². The summed E-state index contributed by atoms with van der Waals surface area (Å²) in [4.78, 5) is 3.61. The summed E-state index contributed by atoms with van der Waals surface area (Å²) in [7, 11) is 0. The van der Waals surface area contributed by atoms with Crippen molar-refractivity contribution in [3.8, 4) is 0 Å². The van der Waals surface area contributed by atoms with E-state index in [1.165, 1.54) is 0 Å². The van der Waals surface area contributed by atoms with E-state index in [-0.39, 0.29) is 16.5 Å². The van der Waals surface area contributed by atoms with E-state index in [2.05, 4.69) is 4.99 Å². The molecule has 0 atom stereocenters. The second-order valence-corrected chi connectivity index (χ2v) is 0.640. The van der Waals surface area contributed by atoms with Crippen LogP contribution >= 0.6 is 0 Å². The molecule has 1 rings (SSSR count). The SMILES string of the molecule is C1=CN=C1.[Ni]. The Bertz CT molecular complexity index is 47.3. The molecule has 0 fully saturated rings. The number of hydrogen-bond acceptors (Lipinski definition) is 1. The van der Waals surface area contributed by atoms with Gasteiger partial charge in [-0.05, 0) is 6.08 Å². The maximum atomic E-state index is 3.61. The molecule has 0 N–H and O–H groups in total. The molecule has 0 spiro atoms. The molecule has 0 amide bonds. The van der Waals surface area contributed by atoms with Crippen LogP contribution in [-0.4, -0.2) is 6.21 Å².